The van der Waals surface area contributed by atoms with Crippen LogP contribution in [0.15, 0.2) is 99.9 Å². The molecule has 3 N–H and O–H groups in total. The number of nitrogens with one attached hydrogen (secondary N) is 1. The predicted molar refractivity (Wildman–Crippen MR) is 161 cm³/mol. The maximum absolute atomic E-state index is 12.8. The number of rotatable bonds is 10. The predicted octanol–water partition coefficient (Wildman–Crippen LogP) is 6.30. The summed E-state index contributed by atoms with van der Waals surface area (Å²) in [5.74, 6) is -1.53. The molecule has 0 aliphatic rings. The molecule has 0 radical (unpaired) electrons. The molecule has 0 aromatic heterocycles. The summed E-state index contributed by atoms with van der Waals surface area (Å²) in [6, 6.07) is 26.4. The lowest BCUT2D eigenvalue weighted by Gasteiger charge is -2.23. The van der Waals surface area contributed by atoms with E-state index in [1.54, 1.807) is 60.7 Å². The van der Waals surface area contributed by atoms with Crippen LogP contribution in [0.1, 0.15) is 27.0 Å². The van der Waals surface area contributed by atoms with Gasteiger partial charge in [-0.1, -0.05) is 74.3 Å². The number of phenolic OH excluding ortho intramolecular Hbond substituents is 1. The maximum atomic E-state index is 12.8. The minimum Gasteiger partial charge on any atom is -0.508 e. The molecule has 0 aliphatic heterocycles. The van der Waals surface area contributed by atoms with Gasteiger partial charge in [-0.05, 0) is 71.6 Å². The van der Waals surface area contributed by atoms with E-state index in [1.807, 2.05) is 30.3 Å². The molecule has 4 aromatic carbocycles. The van der Waals surface area contributed by atoms with Crippen molar-refractivity contribution in [2.24, 2.45) is 0 Å². The number of phenols is 1. The Kier molecular flexibility index (Phi) is 10.2. The van der Waals surface area contributed by atoms with Gasteiger partial charge in [0.15, 0.2) is 0 Å². The minimum absolute atomic E-state index is 0.0233. The van der Waals surface area contributed by atoms with E-state index in [1.165, 1.54) is 4.90 Å². The highest BCUT2D eigenvalue weighted by Crippen LogP contribution is 2.30. The minimum atomic E-state index is -1.57. The third-order valence-electron chi connectivity index (χ3n) is 6.11. The summed E-state index contributed by atoms with van der Waals surface area (Å²) in [6.45, 7) is 0.392. The topological polar surface area (TPSA) is 116 Å². The molecule has 10 heteroatoms. The lowest BCUT2D eigenvalue weighted by atomic mass is 10.1. The third-order valence-corrected chi connectivity index (χ3v) is 7.52. The quantitative estimate of drug-likeness (QED) is 0.169. The van der Waals surface area contributed by atoms with Crippen LogP contribution < -0.4 is 10.1 Å². The third kappa shape index (κ3) is 8.42. The standard InChI is InChI=1S/C31H26Br2N2O6/c32-27-16-22(29(37)34-14-13-20-9-11-23(36)12-10-20)17-28(33)26(27)19-35(30(38)31(39)40)18-21-5-4-8-25(15-21)41-24-6-2-1-3-7-24/h1-12,15-17,36H,13-14,18-19H2,(H,34,37)(H,39,40). The zero-order valence-electron chi connectivity index (χ0n) is 21.7. The number of halogens is 2. The Morgan fingerprint density at radius 3 is 2.10 bits per heavy atom. The highest BCUT2D eigenvalue weighted by molar-refractivity contribution is 9.11. The fraction of sp³-hybridized carbons (Fsp3) is 0.129. The van der Waals surface area contributed by atoms with Crippen molar-refractivity contribution in [3.8, 4) is 17.2 Å². The summed E-state index contributed by atoms with van der Waals surface area (Å²) >= 11 is 6.98. The molecule has 2 amide bonds. The molecule has 0 spiro atoms. The summed E-state index contributed by atoms with van der Waals surface area (Å²) in [5.41, 5.74) is 2.66. The first-order chi connectivity index (χ1) is 19.7. The fourth-order valence-electron chi connectivity index (χ4n) is 4.05. The Morgan fingerprint density at radius 2 is 1.44 bits per heavy atom. The first kappa shape index (κ1) is 29.8. The van der Waals surface area contributed by atoms with Crippen molar-refractivity contribution < 1.29 is 29.3 Å². The van der Waals surface area contributed by atoms with Crippen LogP contribution in [-0.4, -0.2) is 39.4 Å². The van der Waals surface area contributed by atoms with Crippen LogP contribution in [0.5, 0.6) is 17.2 Å². The second-order valence-electron chi connectivity index (χ2n) is 9.12. The molecular weight excluding hydrogens is 656 g/mol. The molecule has 0 unspecified atom stereocenters. The first-order valence-corrected chi connectivity index (χ1v) is 14.2. The van der Waals surface area contributed by atoms with Crippen molar-refractivity contribution in [3.63, 3.8) is 0 Å². The number of carboxylic acids is 1. The van der Waals surface area contributed by atoms with E-state index in [0.717, 1.165) is 5.56 Å². The Hall–Kier alpha value is -4.15. The summed E-state index contributed by atoms with van der Waals surface area (Å²) in [6.07, 6.45) is 0.594. The second-order valence-corrected chi connectivity index (χ2v) is 10.8. The molecule has 0 aliphatic carbocycles. The maximum Gasteiger partial charge on any atom is 0.394 e. The van der Waals surface area contributed by atoms with Crippen LogP contribution in [0.2, 0.25) is 0 Å². The SMILES string of the molecule is O=C(O)C(=O)N(Cc1cccc(Oc2ccccc2)c1)Cc1c(Br)cc(C(=O)NCCc2ccc(O)cc2)cc1Br. The Morgan fingerprint density at radius 1 is 0.780 bits per heavy atom. The van der Waals surface area contributed by atoms with Gasteiger partial charge in [-0.25, -0.2) is 4.79 Å². The van der Waals surface area contributed by atoms with Gasteiger partial charge < -0.3 is 25.2 Å². The van der Waals surface area contributed by atoms with Gasteiger partial charge in [0.05, 0.1) is 0 Å². The second kappa shape index (κ2) is 14.0. The van der Waals surface area contributed by atoms with E-state index in [4.69, 9.17) is 4.74 Å². The van der Waals surface area contributed by atoms with E-state index in [2.05, 4.69) is 37.2 Å². The number of nitrogens with zero attached hydrogens (tertiary/aromatic N) is 1. The molecule has 0 atom stereocenters. The molecule has 0 bridgehead atoms. The molecule has 0 heterocycles. The first-order valence-electron chi connectivity index (χ1n) is 12.6. The average molecular weight is 682 g/mol. The number of ether oxygens (including phenoxy) is 1. The number of benzene rings is 4. The van der Waals surface area contributed by atoms with Gasteiger partial charge in [-0.3, -0.25) is 9.59 Å². The number of aromatic hydroxyl groups is 1. The van der Waals surface area contributed by atoms with Crippen LogP contribution in [0, 0.1) is 0 Å². The van der Waals surface area contributed by atoms with Gasteiger partial charge in [0.25, 0.3) is 5.91 Å². The molecule has 0 fully saturated rings. The molecular formula is C31H26Br2N2O6. The van der Waals surface area contributed by atoms with Gasteiger partial charge >= 0.3 is 11.9 Å². The van der Waals surface area contributed by atoms with Crippen molar-refractivity contribution in [2.45, 2.75) is 19.5 Å². The number of hydrogen-bond donors (Lipinski definition) is 3. The highest BCUT2D eigenvalue weighted by Gasteiger charge is 2.24. The Balaban J connectivity index is 1.46. The zero-order valence-corrected chi connectivity index (χ0v) is 24.9. The Bertz CT molecular complexity index is 1520. The van der Waals surface area contributed by atoms with E-state index in [-0.39, 0.29) is 24.7 Å². The molecule has 8 nitrogen and oxygen atoms in total. The molecule has 0 saturated carbocycles. The molecule has 0 saturated heterocycles. The molecule has 4 rings (SSSR count). The van der Waals surface area contributed by atoms with E-state index in [0.29, 0.717) is 50.1 Å². The number of carbonyl (C=O) groups is 3. The van der Waals surface area contributed by atoms with Crippen LogP contribution in [0.25, 0.3) is 0 Å². The van der Waals surface area contributed by atoms with Crippen molar-refractivity contribution in [3.05, 3.63) is 122 Å². The van der Waals surface area contributed by atoms with Crippen molar-refractivity contribution >= 4 is 49.6 Å². The van der Waals surface area contributed by atoms with E-state index in [9.17, 15) is 24.6 Å². The lowest BCUT2D eigenvalue weighted by molar-refractivity contribution is -0.156. The molecule has 41 heavy (non-hydrogen) atoms. The fourth-order valence-corrected chi connectivity index (χ4v) is 5.49. The van der Waals surface area contributed by atoms with Crippen molar-refractivity contribution in [1.82, 2.24) is 10.2 Å². The van der Waals surface area contributed by atoms with E-state index >= 15 is 0 Å². The number of amides is 2. The van der Waals surface area contributed by atoms with Gasteiger partial charge in [-0.15, -0.1) is 0 Å². The normalized spacial score (nSPS) is 10.6. The largest absolute Gasteiger partial charge is 0.508 e. The van der Waals surface area contributed by atoms with Crippen LogP contribution in [0.4, 0.5) is 0 Å². The van der Waals surface area contributed by atoms with Gasteiger partial charge in [0.2, 0.25) is 0 Å². The average Bonchev–Trinajstić information content (AvgIpc) is 2.95. The van der Waals surface area contributed by atoms with Crippen molar-refractivity contribution in [1.29, 1.82) is 0 Å². The number of carboxylic acid groups (broad SMARTS) is 1. The number of carbonyl (C=O) groups excluding carboxylic acids is 2. The van der Waals surface area contributed by atoms with Crippen LogP contribution >= 0.6 is 31.9 Å². The Labute approximate surface area is 253 Å². The monoisotopic (exact) mass is 680 g/mol. The van der Waals surface area contributed by atoms with Gasteiger partial charge in [-0.2, -0.15) is 0 Å². The summed E-state index contributed by atoms with van der Waals surface area (Å²) in [4.78, 5) is 38.3. The highest BCUT2D eigenvalue weighted by atomic mass is 79.9. The van der Waals surface area contributed by atoms with E-state index < -0.39 is 11.9 Å². The smallest absolute Gasteiger partial charge is 0.394 e. The van der Waals surface area contributed by atoms with Crippen molar-refractivity contribution in [2.75, 3.05) is 6.54 Å². The number of hydrogen-bond acceptors (Lipinski definition) is 5. The summed E-state index contributed by atoms with van der Waals surface area (Å²) in [7, 11) is 0. The summed E-state index contributed by atoms with van der Waals surface area (Å²) < 4.78 is 6.96. The molecule has 210 valence electrons. The van der Waals surface area contributed by atoms with Crippen LogP contribution in [0.3, 0.4) is 0 Å². The summed E-state index contributed by atoms with van der Waals surface area (Å²) in [5, 5.41) is 21.8. The van der Waals surface area contributed by atoms with Gasteiger partial charge in [0.1, 0.15) is 17.2 Å². The zero-order chi connectivity index (χ0) is 29.4. The van der Waals surface area contributed by atoms with Crippen LogP contribution in [-0.2, 0) is 29.1 Å². The van der Waals surface area contributed by atoms with Gasteiger partial charge in [0, 0.05) is 34.1 Å². The molecule has 4 aromatic rings. The number of aliphatic carboxylic acids is 1. The number of para-hydroxylation sites is 1. The lowest BCUT2D eigenvalue weighted by Crippen LogP contribution is -2.35.